The lowest BCUT2D eigenvalue weighted by Crippen LogP contribution is -2.55. The van der Waals surface area contributed by atoms with E-state index in [1.807, 2.05) is 0 Å². The van der Waals surface area contributed by atoms with Crippen LogP contribution in [-0.4, -0.2) is 37.1 Å². The van der Waals surface area contributed by atoms with E-state index in [0.29, 0.717) is 11.5 Å². The molecule has 4 bridgehead atoms. The van der Waals surface area contributed by atoms with Gasteiger partial charge in [-0.2, -0.15) is 0 Å². The fourth-order valence-electron chi connectivity index (χ4n) is 5.64. The molecule has 0 radical (unpaired) electrons. The van der Waals surface area contributed by atoms with Crippen LogP contribution in [0.25, 0.3) is 0 Å². The summed E-state index contributed by atoms with van der Waals surface area (Å²) >= 11 is 0. The van der Waals surface area contributed by atoms with Gasteiger partial charge in [-0.05, 0) is 89.5 Å². The summed E-state index contributed by atoms with van der Waals surface area (Å²) in [7, 11) is 2.24. The quantitative estimate of drug-likeness (QED) is 0.800. The fourth-order valence-corrected chi connectivity index (χ4v) is 5.64. The van der Waals surface area contributed by atoms with Gasteiger partial charge in [0, 0.05) is 25.2 Å². The lowest BCUT2D eigenvalue weighted by Gasteiger charge is -2.59. The topological polar surface area (TPSA) is 15.3 Å². The van der Waals surface area contributed by atoms with Crippen LogP contribution in [0.5, 0.6) is 0 Å². The van der Waals surface area contributed by atoms with Crippen LogP contribution in [0.4, 0.5) is 0 Å². The number of nitrogens with one attached hydrogen (secondary N) is 1. The van der Waals surface area contributed by atoms with Crippen LogP contribution < -0.4 is 5.32 Å². The molecule has 4 fully saturated rings. The average molecular weight is 278 g/mol. The molecule has 1 unspecified atom stereocenters. The zero-order valence-corrected chi connectivity index (χ0v) is 14.0. The maximum absolute atomic E-state index is 3.88. The van der Waals surface area contributed by atoms with Gasteiger partial charge < -0.3 is 10.2 Å². The van der Waals surface area contributed by atoms with E-state index in [4.69, 9.17) is 0 Å². The van der Waals surface area contributed by atoms with Gasteiger partial charge in [0.15, 0.2) is 0 Å². The second kappa shape index (κ2) is 5.61. The van der Waals surface area contributed by atoms with Gasteiger partial charge in [-0.3, -0.25) is 0 Å². The van der Waals surface area contributed by atoms with Gasteiger partial charge in [0.05, 0.1) is 0 Å². The van der Waals surface area contributed by atoms with Crippen molar-refractivity contribution >= 4 is 0 Å². The third-order valence-corrected chi connectivity index (χ3v) is 6.80. The second-order valence-corrected chi connectivity index (χ2v) is 8.53. The van der Waals surface area contributed by atoms with Gasteiger partial charge in [-0.1, -0.05) is 0 Å². The van der Waals surface area contributed by atoms with Crippen LogP contribution in [0, 0.1) is 23.2 Å². The minimum absolute atomic E-state index is 0.658. The minimum Gasteiger partial charge on any atom is -0.312 e. The van der Waals surface area contributed by atoms with E-state index < -0.39 is 0 Å². The fraction of sp³-hybridized carbons (Fsp3) is 1.00. The van der Waals surface area contributed by atoms with E-state index >= 15 is 0 Å². The Balaban J connectivity index is 1.53. The van der Waals surface area contributed by atoms with Crippen molar-refractivity contribution in [3.05, 3.63) is 0 Å². The summed E-state index contributed by atoms with van der Waals surface area (Å²) in [6.07, 6.45) is 9.24. The van der Waals surface area contributed by atoms with Crippen molar-refractivity contribution in [3.8, 4) is 0 Å². The van der Waals surface area contributed by atoms with Crippen molar-refractivity contribution in [1.82, 2.24) is 10.2 Å². The molecule has 116 valence electrons. The minimum atomic E-state index is 0.658. The molecule has 0 heterocycles. The molecule has 0 spiro atoms. The highest BCUT2D eigenvalue weighted by Crippen LogP contribution is 2.61. The number of nitrogens with zero attached hydrogens (tertiary/aromatic N) is 1. The molecule has 0 aliphatic heterocycles. The summed E-state index contributed by atoms with van der Waals surface area (Å²) in [5.74, 6) is 3.22. The molecule has 4 saturated carbocycles. The normalized spacial score (nSPS) is 40.8. The molecule has 2 nitrogen and oxygen atoms in total. The number of likely N-dealkylation sites (N-methyl/N-ethyl adjacent to an activating group) is 1. The Bertz CT molecular complexity index is 301. The Morgan fingerprint density at radius 2 is 1.50 bits per heavy atom. The molecule has 0 aromatic rings. The summed E-state index contributed by atoms with van der Waals surface area (Å²) < 4.78 is 0. The van der Waals surface area contributed by atoms with Gasteiger partial charge in [0.2, 0.25) is 0 Å². The molecular weight excluding hydrogens is 244 g/mol. The highest BCUT2D eigenvalue weighted by atomic mass is 15.1. The summed E-state index contributed by atoms with van der Waals surface area (Å²) in [4.78, 5) is 2.44. The summed E-state index contributed by atoms with van der Waals surface area (Å²) in [6, 6.07) is 1.38. The third-order valence-electron chi connectivity index (χ3n) is 6.80. The SMILES string of the molecule is CC(C)N(C)CCNC(C)C12CC3CC(CC(C3)C1)C2. The van der Waals surface area contributed by atoms with E-state index in [1.54, 1.807) is 19.3 Å². The molecule has 1 atom stereocenters. The van der Waals surface area contributed by atoms with E-state index in [-0.39, 0.29) is 0 Å². The highest BCUT2D eigenvalue weighted by Gasteiger charge is 2.52. The highest BCUT2D eigenvalue weighted by molar-refractivity contribution is 5.05. The van der Waals surface area contributed by atoms with E-state index in [2.05, 4.69) is 38.0 Å². The molecule has 4 aliphatic carbocycles. The standard InChI is InChI=1S/C18H34N2/c1-13(2)20(4)6-5-19-14(3)18-10-15-7-16(11-18)9-17(8-15)12-18/h13-17,19H,5-12H2,1-4H3. The van der Waals surface area contributed by atoms with Crippen molar-refractivity contribution in [2.75, 3.05) is 20.1 Å². The monoisotopic (exact) mass is 278 g/mol. The van der Waals surface area contributed by atoms with E-state index in [9.17, 15) is 0 Å². The van der Waals surface area contributed by atoms with Crippen LogP contribution in [-0.2, 0) is 0 Å². The number of hydrogen-bond acceptors (Lipinski definition) is 2. The van der Waals surface area contributed by atoms with Gasteiger partial charge in [-0.25, -0.2) is 0 Å². The average Bonchev–Trinajstić information content (AvgIpc) is 2.36. The molecule has 0 aromatic heterocycles. The van der Waals surface area contributed by atoms with Crippen LogP contribution >= 0.6 is 0 Å². The van der Waals surface area contributed by atoms with Crippen molar-refractivity contribution in [2.24, 2.45) is 23.2 Å². The summed E-state index contributed by atoms with van der Waals surface area (Å²) in [6.45, 7) is 9.36. The van der Waals surface area contributed by atoms with E-state index in [0.717, 1.165) is 30.3 Å². The summed E-state index contributed by atoms with van der Waals surface area (Å²) in [5.41, 5.74) is 0.658. The maximum atomic E-state index is 3.88. The van der Waals surface area contributed by atoms with Crippen LogP contribution in [0.1, 0.15) is 59.3 Å². The predicted molar refractivity (Wildman–Crippen MR) is 85.8 cm³/mol. The number of hydrogen-bond donors (Lipinski definition) is 1. The van der Waals surface area contributed by atoms with Gasteiger partial charge >= 0.3 is 0 Å². The Hall–Kier alpha value is -0.0800. The molecule has 1 N–H and O–H groups in total. The van der Waals surface area contributed by atoms with Crippen LogP contribution in [0.3, 0.4) is 0 Å². The Morgan fingerprint density at radius 1 is 1.00 bits per heavy atom. The number of rotatable bonds is 6. The maximum Gasteiger partial charge on any atom is 0.0107 e. The van der Waals surface area contributed by atoms with Gasteiger partial charge in [0.25, 0.3) is 0 Å². The molecule has 0 aromatic carbocycles. The first-order valence-electron chi connectivity index (χ1n) is 8.92. The molecule has 0 saturated heterocycles. The molecule has 0 amide bonds. The largest absolute Gasteiger partial charge is 0.312 e. The summed E-state index contributed by atoms with van der Waals surface area (Å²) in [5, 5.41) is 3.88. The van der Waals surface area contributed by atoms with Gasteiger partial charge in [-0.15, -0.1) is 0 Å². The van der Waals surface area contributed by atoms with E-state index in [1.165, 1.54) is 25.8 Å². The van der Waals surface area contributed by atoms with Crippen LogP contribution in [0.2, 0.25) is 0 Å². The lowest BCUT2D eigenvalue weighted by atomic mass is 9.48. The molecule has 4 rings (SSSR count). The third kappa shape index (κ3) is 2.78. The lowest BCUT2D eigenvalue weighted by molar-refractivity contribution is -0.0705. The zero-order valence-electron chi connectivity index (χ0n) is 14.0. The predicted octanol–water partition coefficient (Wildman–Crippen LogP) is 3.52. The first-order valence-corrected chi connectivity index (χ1v) is 8.92. The molecule has 20 heavy (non-hydrogen) atoms. The Labute approximate surface area is 125 Å². The molecular formula is C18H34N2. The smallest absolute Gasteiger partial charge is 0.0107 e. The Kier molecular flexibility index (Phi) is 4.16. The van der Waals surface area contributed by atoms with Crippen LogP contribution in [0.15, 0.2) is 0 Å². The van der Waals surface area contributed by atoms with Crippen molar-refractivity contribution < 1.29 is 0 Å². The van der Waals surface area contributed by atoms with Crippen molar-refractivity contribution in [1.29, 1.82) is 0 Å². The molecule has 2 heteroatoms. The first kappa shape index (κ1) is 14.8. The Morgan fingerprint density at radius 3 is 1.95 bits per heavy atom. The first-order chi connectivity index (χ1) is 9.48. The van der Waals surface area contributed by atoms with Crippen molar-refractivity contribution in [2.45, 2.75) is 71.4 Å². The second-order valence-electron chi connectivity index (χ2n) is 8.53. The van der Waals surface area contributed by atoms with Crippen molar-refractivity contribution in [3.63, 3.8) is 0 Å². The van der Waals surface area contributed by atoms with Gasteiger partial charge in [0.1, 0.15) is 0 Å². The molecule has 4 aliphatic rings. The zero-order chi connectivity index (χ0) is 14.3.